The van der Waals surface area contributed by atoms with Gasteiger partial charge in [0.2, 0.25) is 11.8 Å². The van der Waals surface area contributed by atoms with Crippen LogP contribution in [0.5, 0.6) is 0 Å². The van der Waals surface area contributed by atoms with Gasteiger partial charge in [0, 0.05) is 37.3 Å². The Morgan fingerprint density at radius 3 is 2.83 bits per heavy atom. The summed E-state index contributed by atoms with van der Waals surface area (Å²) < 4.78 is 41.1. The molecule has 2 aliphatic heterocycles. The van der Waals surface area contributed by atoms with E-state index in [4.69, 9.17) is 9.97 Å². The summed E-state index contributed by atoms with van der Waals surface area (Å²) in [6.45, 7) is 4.15. The lowest BCUT2D eigenvalue weighted by Crippen LogP contribution is -2.37. The first kappa shape index (κ1) is 22.0. The van der Waals surface area contributed by atoms with Crippen LogP contribution in [0.3, 0.4) is 0 Å². The lowest BCUT2D eigenvalue weighted by atomic mass is 10.2. The van der Waals surface area contributed by atoms with Crippen LogP contribution in [0, 0.1) is 0 Å². The summed E-state index contributed by atoms with van der Waals surface area (Å²) in [5, 5.41) is 11.5. The SMILES string of the molecule is CCCc1cc2c(N3CCn4c(nnc4C(F)(F)F)C3)nc(N3CCNc4cccnc43)nc2s1. The number of hydrogen-bond acceptors (Lipinski definition) is 9. The number of aryl methyl sites for hydroxylation is 1. The Morgan fingerprint density at radius 1 is 1.11 bits per heavy atom. The first-order valence-corrected chi connectivity index (χ1v) is 12.2. The maximum Gasteiger partial charge on any atom is 0.451 e. The zero-order chi connectivity index (χ0) is 24.2. The number of thiophene rings is 1. The molecule has 0 saturated heterocycles. The molecule has 0 unspecified atom stereocenters. The molecule has 0 aromatic carbocycles. The molecule has 13 heteroatoms. The fourth-order valence-electron chi connectivity index (χ4n) is 4.58. The summed E-state index contributed by atoms with van der Waals surface area (Å²) in [6, 6.07) is 5.95. The molecule has 182 valence electrons. The van der Waals surface area contributed by atoms with Gasteiger partial charge in [-0.1, -0.05) is 13.3 Å². The zero-order valence-corrected chi connectivity index (χ0v) is 19.7. The number of aromatic nitrogens is 6. The van der Waals surface area contributed by atoms with Gasteiger partial charge in [0.05, 0.1) is 17.6 Å². The Morgan fingerprint density at radius 2 is 2.00 bits per heavy atom. The number of fused-ring (bicyclic) bond motifs is 3. The van der Waals surface area contributed by atoms with Crippen LogP contribution in [0.25, 0.3) is 10.2 Å². The third-order valence-electron chi connectivity index (χ3n) is 6.15. The van der Waals surface area contributed by atoms with Gasteiger partial charge in [-0.3, -0.25) is 4.90 Å². The minimum Gasteiger partial charge on any atom is -0.380 e. The van der Waals surface area contributed by atoms with Crippen LogP contribution in [0.15, 0.2) is 24.4 Å². The standard InChI is InChI=1S/C22H22F3N9S/c1-2-4-13-11-14-17(32-9-10-33-16(12-32)30-31-20(33)22(23,24)25)28-21(29-19(14)35-13)34-8-7-26-15-5-3-6-27-18(15)34/h3,5-6,11,26H,2,4,7-10,12H2,1H3. The van der Waals surface area contributed by atoms with E-state index in [9.17, 15) is 13.2 Å². The number of nitrogens with one attached hydrogen (secondary N) is 1. The van der Waals surface area contributed by atoms with Crippen molar-refractivity contribution in [2.45, 2.75) is 39.0 Å². The molecule has 6 rings (SSSR count). The summed E-state index contributed by atoms with van der Waals surface area (Å²) in [6.07, 6.45) is -0.867. The third-order valence-corrected chi connectivity index (χ3v) is 7.24. The quantitative estimate of drug-likeness (QED) is 0.445. The highest BCUT2D eigenvalue weighted by Gasteiger charge is 2.40. The Labute approximate surface area is 202 Å². The number of anilines is 4. The second-order valence-corrected chi connectivity index (χ2v) is 9.61. The van der Waals surface area contributed by atoms with Gasteiger partial charge in [0.25, 0.3) is 0 Å². The van der Waals surface area contributed by atoms with Gasteiger partial charge in [-0.2, -0.15) is 18.2 Å². The van der Waals surface area contributed by atoms with Crippen LogP contribution in [0.2, 0.25) is 0 Å². The molecule has 6 heterocycles. The van der Waals surface area contributed by atoms with Gasteiger partial charge in [-0.05, 0) is 24.6 Å². The highest BCUT2D eigenvalue weighted by molar-refractivity contribution is 7.18. The van der Waals surface area contributed by atoms with Gasteiger partial charge < -0.3 is 14.8 Å². The van der Waals surface area contributed by atoms with E-state index in [0.717, 1.165) is 39.1 Å². The smallest absolute Gasteiger partial charge is 0.380 e. The van der Waals surface area contributed by atoms with E-state index in [1.54, 1.807) is 17.5 Å². The van der Waals surface area contributed by atoms with Crippen molar-refractivity contribution in [2.75, 3.05) is 34.8 Å². The van der Waals surface area contributed by atoms with Gasteiger partial charge >= 0.3 is 6.18 Å². The van der Waals surface area contributed by atoms with Gasteiger partial charge in [0.1, 0.15) is 10.6 Å². The van der Waals surface area contributed by atoms with Crippen molar-refractivity contribution in [1.82, 2.24) is 29.7 Å². The molecule has 0 amide bonds. The number of hydrogen-bond donors (Lipinski definition) is 1. The van der Waals surface area contributed by atoms with E-state index in [2.05, 4.69) is 33.5 Å². The molecule has 0 bridgehead atoms. The predicted molar refractivity (Wildman–Crippen MR) is 127 cm³/mol. The number of nitrogens with zero attached hydrogens (tertiary/aromatic N) is 8. The number of rotatable bonds is 4. The van der Waals surface area contributed by atoms with Crippen molar-refractivity contribution in [3.63, 3.8) is 0 Å². The summed E-state index contributed by atoms with van der Waals surface area (Å²) in [5.41, 5.74) is 0.910. The lowest BCUT2D eigenvalue weighted by molar-refractivity contribution is -0.147. The van der Waals surface area contributed by atoms with Crippen molar-refractivity contribution in [1.29, 1.82) is 0 Å². The lowest BCUT2D eigenvalue weighted by Gasteiger charge is -2.32. The van der Waals surface area contributed by atoms with Crippen molar-refractivity contribution < 1.29 is 13.2 Å². The van der Waals surface area contributed by atoms with Crippen LogP contribution in [0.1, 0.15) is 29.9 Å². The average Bonchev–Trinajstić information content (AvgIpc) is 3.46. The molecule has 4 aromatic rings. The minimum absolute atomic E-state index is 0.127. The number of halogens is 3. The van der Waals surface area contributed by atoms with Crippen LogP contribution in [-0.2, 0) is 25.7 Å². The summed E-state index contributed by atoms with van der Waals surface area (Å²) in [7, 11) is 0. The molecular weight excluding hydrogens is 479 g/mol. The van der Waals surface area contributed by atoms with Crippen molar-refractivity contribution >= 4 is 44.8 Å². The first-order chi connectivity index (χ1) is 16.9. The molecule has 1 N–H and O–H groups in total. The van der Waals surface area contributed by atoms with E-state index in [1.807, 2.05) is 21.9 Å². The van der Waals surface area contributed by atoms with E-state index >= 15 is 0 Å². The van der Waals surface area contributed by atoms with E-state index in [0.29, 0.717) is 31.4 Å². The second-order valence-electron chi connectivity index (χ2n) is 8.49. The third kappa shape index (κ3) is 3.83. The van der Waals surface area contributed by atoms with E-state index in [1.165, 1.54) is 4.88 Å². The van der Waals surface area contributed by atoms with Crippen LogP contribution in [-0.4, -0.2) is 49.4 Å². The molecule has 0 saturated carbocycles. The molecule has 2 aliphatic rings. The Hall–Kier alpha value is -3.48. The first-order valence-electron chi connectivity index (χ1n) is 11.4. The monoisotopic (exact) mass is 501 g/mol. The summed E-state index contributed by atoms with van der Waals surface area (Å²) in [5.74, 6) is 1.30. The minimum atomic E-state index is -4.53. The topological polar surface area (TPSA) is 87.9 Å². The number of alkyl halides is 3. The van der Waals surface area contributed by atoms with Crippen molar-refractivity contribution in [3.8, 4) is 0 Å². The maximum absolute atomic E-state index is 13.3. The Kier molecular flexibility index (Phi) is 5.24. The van der Waals surface area contributed by atoms with Gasteiger partial charge in [-0.15, -0.1) is 21.5 Å². The highest BCUT2D eigenvalue weighted by atomic mass is 32.1. The normalized spacial score (nSPS) is 15.8. The molecule has 0 atom stereocenters. The molecule has 0 aliphatic carbocycles. The van der Waals surface area contributed by atoms with E-state index < -0.39 is 12.0 Å². The maximum atomic E-state index is 13.3. The molecule has 4 aromatic heterocycles. The fraction of sp³-hybridized carbons (Fsp3) is 0.409. The Bertz CT molecular complexity index is 1400. The molecule has 9 nitrogen and oxygen atoms in total. The average molecular weight is 502 g/mol. The molecule has 0 radical (unpaired) electrons. The van der Waals surface area contributed by atoms with Crippen LogP contribution >= 0.6 is 11.3 Å². The molecular formula is C22H22F3N9S. The highest BCUT2D eigenvalue weighted by Crippen LogP contribution is 2.38. The number of pyridine rings is 1. The zero-order valence-electron chi connectivity index (χ0n) is 18.9. The Balaban J connectivity index is 1.44. The van der Waals surface area contributed by atoms with Crippen LogP contribution < -0.4 is 15.1 Å². The second kappa shape index (κ2) is 8.33. The van der Waals surface area contributed by atoms with Crippen LogP contribution in [0.4, 0.5) is 36.4 Å². The summed E-state index contributed by atoms with van der Waals surface area (Å²) >= 11 is 1.63. The van der Waals surface area contributed by atoms with Gasteiger partial charge in [0.15, 0.2) is 11.6 Å². The van der Waals surface area contributed by atoms with Gasteiger partial charge in [-0.25, -0.2) is 9.97 Å². The molecule has 0 spiro atoms. The largest absolute Gasteiger partial charge is 0.451 e. The van der Waals surface area contributed by atoms with E-state index in [-0.39, 0.29) is 18.9 Å². The predicted octanol–water partition coefficient (Wildman–Crippen LogP) is 4.23. The molecule has 0 fully saturated rings. The van der Waals surface area contributed by atoms with Crippen molar-refractivity contribution in [3.05, 3.63) is 40.9 Å². The summed E-state index contributed by atoms with van der Waals surface area (Å²) in [4.78, 5) is 20.4. The van der Waals surface area contributed by atoms with Crippen molar-refractivity contribution in [2.24, 2.45) is 0 Å². The fourth-order valence-corrected chi connectivity index (χ4v) is 5.70. The molecule has 35 heavy (non-hydrogen) atoms.